The maximum absolute atomic E-state index is 11.9. The Kier molecular flexibility index (Phi) is 5.76. The highest BCUT2D eigenvalue weighted by atomic mass is 79.9. The number of rotatable bonds is 4. The van der Waals surface area contributed by atoms with E-state index in [0.29, 0.717) is 0 Å². The van der Waals surface area contributed by atoms with Gasteiger partial charge in [-0.25, -0.2) is 0 Å². The lowest BCUT2D eigenvalue weighted by Gasteiger charge is -2.21. The Bertz CT molecular complexity index is 528. The number of hydrogen-bond donors (Lipinski definition) is 3. The number of carbonyl (C=O) groups is 2. The number of aryl methyl sites for hydroxylation is 1. The Hall–Kier alpha value is -1.40. The maximum atomic E-state index is 11.9. The van der Waals surface area contributed by atoms with E-state index in [1.807, 2.05) is 25.1 Å². The molecular formula is C15H20BrN3O2. The summed E-state index contributed by atoms with van der Waals surface area (Å²) in [6.45, 7) is 3.66. The largest absolute Gasteiger partial charge is 0.347 e. The molecule has 1 fully saturated rings. The molecule has 0 spiro atoms. The molecule has 0 aromatic heterocycles. The quantitative estimate of drug-likeness (QED) is 0.773. The van der Waals surface area contributed by atoms with Gasteiger partial charge < -0.3 is 16.0 Å². The third-order valence-corrected chi connectivity index (χ3v) is 4.09. The van der Waals surface area contributed by atoms with Crippen LogP contribution in [-0.2, 0) is 9.59 Å². The number of anilines is 1. The fourth-order valence-electron chi connectivity index (χ4n) is 2.36. The highest BCUT2D eigenvalue weighted by Crippen LogP contribution is 2.19. The Morgan fingerprint density at radius 2 is 2.05 bits per heavy atom. The van der Waals surface area contributed by atoms with Crippen LogP contribution < -0.4 is 16.0 Å². The van der Waals surface area contributed by atoms with Crippen LogP contribution in [0.15, 0.2) is 22.7 Å². The van der Waals surface area contributed by atoms with Crippen molar-refractivity contribution in [1.29, 1.82) is 0 Å². The summed E-state index contributed by atoms with van der Waals surface area (Å²) in [6.07, 6.45) is 1.67. The number of halogens is 1. The van der Waals surface area contributed by atoms with Gasteiger partial charge in [-0.2, -0.15) is 0 Å². The molecule has 1 aliphatic heterocycles. The standard InChI is InChI=1S/C15H20BrN3O2/c1-10-8-12(16)2-3-13(10)19-14(20)9-18-15(21)11-4-6-17-7-5-11/h2-3,8,11,17H,4-7,9H2,1H3,(H,18,21)(H,19,20). The summed E-state index contributed by atoms with van der Waals surface area (Å²) in [5.74, 6) is -0.213. The van der Waals surface area contributed by atoms with Gasteiger partial charge in [-0.05, 0) is 56.6 Å². The zero-order valence-electron chi connectivity index (χ0n) is 12.0. The fraction of sp³-hybridized carbons (Fsp3) is 0.467. The molecule has 1 aromatic rings. The molecule has 0 aliphatic carbocycles. The predicted octanol–water partition coefficient (Wildman–Crippen LogP) is 1.81. The second-order valence-electron chi connectivity index (χ2n) is 5.25. The first-order chi connectivity index (χ1) is 10.1. The van der Waals surface area contributed by atoms with Gasteiger partial charge >= 0.3 is 0 Å². The molecule has 0 unspecified atom stereocenters. The lowest BCUT2D eigenvalue weighted by Crippen LogP contribution is -2.41. The van der Waals surface area contributed by atoms with Gasteiger partial charge in [0, 0.05) is 16.1 Å². The van der Waals surface area contributed by atoms with Crippen LogP contribution in [0, 0.1) is 12.8 Å². The minimum atomic E-state index is -0.206. The van der Waals surface area contributed by atoms with Crippen LogP contribution in [0.1, 0.15) is 18.4 Å². The molecule has 1 saturated heterocycles. The molecular weight excluding hydrogens is 334 g/mol. The zero-order chi connectivity index (χ0) is 15.2. The van der Waals surface area contributed by atoms with Crippen molar-refractivity contribution in [3.05, 3.63) is 28.2 Å². The number of amides is 2. The van der Waals surface area contributed by atoms with E-state index in [-0.39, 0.29) is 24.3 Å². The molecule has 2 amide bonds. The van der Waals surface area contributed by atoms with E-state index in [2.05, 4.69) is 31.9 Å². The highest BCUT2D eigenvalue weighted by molar-refractivity contribution is 9.10. The summed E-state index contributed by atoms with van der Waals surface area (Å²) in [7, 11) is 0. The Balaban J connectivity index is 1.80. The molecule has 1 heterocycles. The fourth-order valence-corrected chi connectivity index (χ4v) is 2.83. The SMILES string of the molecule is Cc1cc(Br)ccc1NC(=O)CNC(=O)C1CCNCC1. The molecule has 1 aliphatic rings. The van der Waals surface area contributed by atoms with Crippen LogP contribution in [0.3, 0.4) is 0 Å². The monoisotopic (exact) mass is 353 g/mol. The second kappa shape index (κ2) is 7.56. The van der Waals surface area contributed by atoms with Crippen molar-refractivity contribution in [2.75, 3.05) is 25.0 Å². The van der Waals surface area contributed by atoms with Crippen molar-refractivity contribution < 1.29 is 9.59 Å². The van der Waals surface area contributed by atoms with Crippen molar-refractivity contribution in [3.8, 4) is 0 Å². The molecule has 2 rings (SSSR count). The molecule has 6 heteroatoms. The average Bonchev–Trinajstić information content (AvgIpc) is 2.48. The Morgan fingerprint density at radius 1 is 1.33 bits per heavy atom. The molecule has 0 bridgehead atoms. The van der Waals surface area contributed by atoms with Crippen LogP contribution >= 0.6 is 15.9 Å². The van der Waals surface area contributed by atoms with Crippen molar-refractivity contribution in [2.24, 2.45) is 5.92 Å². The molecule has 3 N–H and O–H groups in total. The first kappa shape index (κ1) is 16.0. The Morgan fingerprint density at radius 3 is 2.71 bits per heavy atom. The van der Waals surface area contributed by atoms with Gasteiger partial charge in [0.25, 0.3) is 0 Å². The number of carbonyl (C=O) groups excluding carboxylic acids is 2. The topological polar surface area (TPSA) is 70.2 Å². The third-order valence-electron chi connectivity index (χ3n) is 3.60. The molecule has 21 heavy (non-hydrogen) atoms. The first-order valence-corrected chi connectivity index (χ1v) is 7.90. The van der Waals surface area contributed by atoms with Crippen LogP contribution in [0.2, 0.25) is 0 Å². The van der Waals surface area contributed by atoms with Gasteiger partial charge in [-0.3, -0.25) is 9.59 Å². The van der Waals surface area contributed by atoms with E-state index < -0.39 is 0 Å². The van der Waals surface area contributed by atoms with E-state index in [9.17, 15) is 9.59 Å². The second-order valence-corrected chi connectivity index (χ2v) is 6.17. The maximum Gasteiger partial charge on any atom is 0.243 e. The number of piperidine rings is 1. The minimum Gasteiger partial charge on any atom is -0.347 e. The average molecular weight is 354 g/mol. The van der Waals surface area contributed by atoms with Crippen LogP contribution in [-0.4, -0.2) is 31.4 Å². The smallest absolute Gasteiger partial charge is 0.243 e. The Labute approximate surface area is 133 Å². The van der Waals surface area contributed by atoms with Crippen molar-refractivity contribution >= 4 is 33.4 Å². The van der Waals surface area contributed by atoms with Gasteiger partial charge in [0.2, 0.25) is 11.8 Å². The van der Waals surface area contributed by atoms with E-state index in [0.717, 1.165) is 41.7 Å². The van der Waals surface area contributed by atoms with Gasteiger partial charge in [-0.15, -0.1) is 0 Å². The molecule has 114 valence electrons. The van der Waals surface area contributed by atoms with Crippen molar-refractivity contribution in [3.63, 3.8) is 0 Å². The van der Waals surface area contributed by atoms with Crippen molar-refractivity contribution in [2.45, 2.75) is 19.8 Å². The first-order valence-electron chi connectivity index (χ1n) is 7.10. The van der Waals surface area contributed by atoms with E-state index >= 15 is 0 Å². The minimum absolute atomic E-state index is 0.0122. The lowest BCUT2D eigenvalue weighted by atomic mass is 9.97. The summed E-state index contributed by atoms with van der Waals surface area (Å²) in [6, 6.07) is 5.64. The summed E-state index contributed by atoms with van der Waals surface area (Å²) in [4.78, 5) is 23.8. The van der Waals surface area contributed by atoms with Crippen LogP contribution in [0.25, 0.3) is 0 Å². The molecule has 0 saturated carbocycles. The summed E-state index contributed by atoms with van der Waals surface area (Å²) >= 11 is 3.38. The summed E-state index contributed by atoms with van der Waals surface area (Å²) in [5, 5.41) is 8.74. The van der Waals surface area contributed by atoms with Gasteiger partial charge in [-0.1, -0.05) is 15.9 Å². The predicted molar refractivity (Wildman–Crippen MR) is 86.1 cm³/mol. The van der Waals surface area contributed by atoms with Crippen molar-refractivity contribution in [1.82, 2.24) is 10.6 Å². The van der Waals surface area contributed by atoms with E-state index in [1.165, 1.54) is 0 Å². The number of benzene rings is 1. The molecule has 5 nitrogen and oxygen atoms in total. The molecule has 0 atom stereocenters. The van der Waals surface area contributed by atoms with Gasteiger partial charge in [0.05, 0.1) is 6.54 Å². The number of nitrogens with one attached hydrogen (secondary N) is 3. The normalized spacial score (nSPS) is 15.5. The highest BCUT2D eigenvalue weighted by Gasteiger charge is 2.21. The van der Waals surface area contributed by atoms with Crippen LogP contribution in [0.5, 0.6) is 0 Å². The van der Waals surface area contributed by atoms with Gasteiger partial charge in [0.15, 0.2) is 0 Å². The lowest BCUT2D eigenvalue weighted by molar-refractivity contribution is -0.127. The third kappa shape index (κ3) is 4.82. The molecule has 1 aromatic carbocycles. The molecule has 0 radical (unpaired) electrons. The summed E-state index contributed by atoms with van der Waals surface area (Å²) < 4.78 is 0.970. The summed E-state index contributed by atoms with van der Waals surface area (Å²) in [5.41, 5.74) is 1.74. The van der Waals surface area contributed by atoms with Crippen LogP contribution in [0.4, 0.5) is 5.69 Å². The van der Waals surface area contributed by atoms with Gasteiger partial charge in [0.1, 0.15) is 0 Å². The van der Waals surface area contributed by atoms with E-state index in [1.54, 1.807) is 0 Å². The zero-order valence-corrected chi connectivity index (χ0v) is 13.6. The number of hydrogen-bond acceptors (Lipinski definition) is 3. The van der Waals surface area contributed by atoms with E-state index in [4.69, 9.17) is 0 Å².